The number of allylic oxidation sites excluding steroid dienone is 6. The summed E-state index contributed by atoms with van der Waals surface area (Å²) in [7, 11) is 0. The van der Waals surface area contributed by atoms with Crippen LogP contribution in [0.2, 0.25) is 0 Å². The number of esters is 1. The van der Waals surface area contributed by atoms with Gasteiger partial charge < -0.3 is 20.3 Å². The van der Waals surface area contributed by atoms with Crippen molar-refractivity contribution in [2.45, 2.75) is 309 Å². The van der Waals surface area contributed by atoms with E-state index in [4.69, 9.17) is 4.74 Å². The number of nitrogens with one attached hydrogen (secondary N) is 1. The van der Waals surface area contributed by atoms with Gasteiger partial charge in [-0.1, -0.05) is 237 Å². The standard InChI is InChI=1S/C57H107NO5/c1-4-7-10-13-16-19-22-24-26-28-29-31-34-36-39-42-45-48-53(63-57(62)50-47-44-41-38-35-32-30-27-25-23-20-17-14-11-8-5-2)51-56(61)58-54(52-59)55(60)49-46-43-40-37-33-21-18-15-12-9-6-3/h24,26-27,30,32,35,53-55,59-60H,4-23,25,28-29,31,33-34,36-52H2,1-3H3,(H,58,61)/b26-24+,30-27+,35-32+. The van der Waals surface area contributed by atoms with Crippen LogP contribution in [0.1, 0.15) is 290 Å². The van der Waals surface area contributed by atoms with E-state index in [9.17, 15) is 19.8 Å². The zero-order chi connectivity index (χ0) is 45.9. The zero-order valence-corrected chi connectivity index (χ0v) is 42.2. The largest absolute Gasteiger partial charge is 0.462 e. The molecule has 0 rings (SSSR count). The number of carbonyl (C=O) groups excluding carboxylic acids is 2. The first-order valence-electron chi connectivity index (χ1n) is 27.7. The molecule has 0 fully saturated rings. The third kappa shape index (κ3) is 46.4. The van der Waals surface area contributed by atoms with Crippen LogP contribution >= 0.6 is 0 Å². The van der Waals surface area contributed by atoms with Crippen LogP contribution in [0.5, 0.6) is 0 Å². The highest BCUT2D eigenvalue weighted by molar-refractivity contribution is 5.77. The molecule has 3 atom stereocenters. The van der Waals surface area contributed by atoms with Crippen molar-refractivity contribution < 1.29 is 24.5 Å². The molecule has 0 aliphatic carbocycles. The second-order valence-electron chi connectivity index (χ2n) is 19.0. The monoisotopic (exact) mass is 886 g/mol. The maximum absolute atomic E-state index is 13.2. The fourth-order valence-electron chi connectivity index (χ4n) is 8.48. The SMILES string of the molecule is CCCCCCCC/C=C/CCCCCCCCCC(CC(=O)NC(CO)C(O)CCCCCCCCCCCCC)OC(=O)CCCCC/C=C/C=C/CCCCCCCCC. The Morgan fingerprint density at radius 3 is 1.22 bits per heavy atom. The van der Waals surface area contributed by atoms with Crippen LogP contribution in [-0.2, 0) is 14.3 Å². The molecule has 0 saturated heterocycles. The summed E-state index contributed by atoms with van der Waals surface area (Å²) in [4.78, 5) is 26.2. The average molecular weight is 886 g/mol. The fraction of sp³-hybridized carbons (Fsp3) is 0.860. The van der Waals surface area contributed by atoms with Gasteiger partial charge in [-0.25, -0.2) is 0 Å². The Kier molecular flexibility index (Phi) is 49.5. The number of ether oxygens (including phenoxy) is 1. The predicted molar refractivity (Wildman–Crippen MR) is 273 cm³/mol. The molecule has 0 aromatic rings. The fourth-order valence-corrected chi connectivity index (χ4v) is 8.48. The van der Waals surface area contributed by atoms with Crippen LogP contribution in [0, 0.1) is 0 Å². The van der Waals surface area contributed by atoms with Crippen LogP contribution < -0.4 is 5.32 Å². The highest BCUT2D eigenvalue weighted by atomic mass is 16.5. The van der Waals surface area contributed by atoms with Crippen molar-refractivity contribution in [3.63, 3.8) is 0 Å². The summed E-state index contributed by atoms with van der Waals surface area (Å²) in [5.41, 5.74) is 0. The van der Waals surface area contributed by atoms with Gasteiger partial charge >= 0.3 is 5.97 Å². The smallest absolute Gasteiger partial charge is 0.306 e. The summed E-state index contributed by atoms with van der Waals surface area (Å²) in [5, 5.41) is 23.8. The summed E-state index contributed by atoms with van der Waals surface area (Å²) in [6.45, 7) is 6.48. The Morgan fingerprint density at radius 1 is 0.460 bits per heavy atom. The Labute approximate surface area is 392 Å². The lowest BCUT2D eigenvalue weighted by Gasteiger charge is -2.24. The summed E-state index contributed by atoms with van der Waals surface area (Å²) in [6.07, 6.45) is 60.6. The third-order valence-corrected chi connectivity index (χ3v) is 12.7. The first kappa shape index (κ1) is 61.1. The molecule has 6 heteroatoms. The van der Waals surface area contributed by atoms with Crippen molar-refractivity contribution in [3.8, 4) is 0 Å². The molecule has 6 nitrogen and oxygen atoms in total. The summed E-state index contributed by atoms with van der Waals surface area (Å²) in [5.74, 6) is -0.498. The number of aliphatic hydroxyl groups excluding tert-OH is 2. The summed E-state index contributed by atoms with van der Waals surface area (Å²) in [6, 6.07) is -0.706. The second-order valence-corrected chi connectivity index (χ2v) is 19.0. The lowest BCUT2D eigenvalue weighted by molar-refractivity contribution is -0.151. The van der Waals surface area contributed by atoms with Gasteiger partial charge in [-0.2, -0.15) is 0 Å². The molecule has 0 aromatic heterocycles. The Balaban J connectivity index is 4.61. The second kappa shape index (κ2) is 51.1. The molecule has 0 heterocycles. The van der Waals surface area contributed by atoms with E-state index in [1.807, 2.05) is 0 Å². The number of unbranched alkanes of at least 4 members (excludes halogenated alkanes) is 33. The van der Waals surface area contributed by atoms with Crippen molar-refractivity contribution in [2.24, 2.45) is 0 Å². The van der Waals surface area contributed by atoms with E-state index in [0.29, 0.717) is 19.3 Å². The van der Waals surface area contributed by atoms with Gasteiger partial charge in [0.1, 0.15) is 6.10 Å². The van der Waals surface area contributed by atoms with Crippen LogP contribution in [-0.4, -0.2) is 46.9 Å². The summed E-state index contributed by atoms with van der Waals surface area (Å²) < 4.78 is 5.94. The number of hydrogen-bond donors (Lipinski definition) is 3. The van der Waals surface area contributed by atoms with Crippen molar-refractivity contribution in [3.05, 3.63) is 36.5 Å². The normalized spacial score (nSPS) is 13.4. The molecule has 370 valence electrons. The third-order valence-electron chi connectivity index (χ3n) is 12.7. The molecule has 0 bridgehead atoms. The van der Waals surface area contributed by atoms with Gasteiger partial charge in [-0.3, -0.25) is 9.59 Å². The molecule has 0 saturated carbocycles. The number of amides is 1. The lowest BCUT2D eigenvalue weighted by atomic mass is 10.0. The maximum Gasteiger partial charge on any atom is 0.306 e. The molecule has 0 spiro atoms. The van der Waals surface area contributed by atoms with E-state index in [2.05, 4.69) is 62.5 Å². The van der Waals surface area contributed by atoms with Gasteiger partial charge in [0.2, 0.25) is 5.91 Å². The van der Waals surface area contributed by atoms with Gasteiger partial charge in [0, 0.05) is 6.42 Å². The molecule has 63 heavy (non-hydrogen) atoms. The van der Waals surface area contributed by atoms with E-state index in [1.165, 1.54) is 173 Å². The molecular formula is C57H107NO5. The minimum Gasteiger partial charge on any atom is -0.462 e. The van der Waals surface area contributed by atoms with Crippen molar-refractivity contribution in [1.29, 1.82) is 0 Å². The highest BCUT2D eigenvalue weighted by Crippen LogP contribution is 2.18. The highest BCUT2D eigenvalue weighted by Gasteiger charge is 2.24. The molecule has 3 N–H and O–H groups in total. The zero-order valence-electron chi connectivity index (χ0n) is 42.2. The van der Waals surface area contributed by atoms with Crippen molar-refractivity contribution in [2.75, 3.05) is 6.61 Å². The minimum absolute atomic E-state index is 0.0665. The summed E-state index contributed by atoms with van der Waals surface area (Å²) >= 11 is 0. The first-order valence-corrected chi connectivity index (χ1v) is 27.7. The topological polar surface area (TPSA) is 95.9 Å². The maximum atomic E-state index is 13.2. The Bertz CT molecular complexity index is 1040. The quantitative estimate of drug-likeness (QED) is 0.0245. The molecule has 3 unspecified atom stereocenters. The van der Waals surface area contributed by atoms with Gasteiger partial charge in [-0.15, -0.1) is 0 Å². The Morgan fingerprint density at radius 2 is 0.810 bits per heavy atom. The first-order chi connectivity index (χ1) is 31.0. The molecule has 1 amide bonds. The number of hydrogen-bond acceptors (Lipinski definition) is 5. The van der Waals surface area contributed by atoms with Crippen molar-refractivity contribution >= 4 is 11.9 Å². The van der Waals surface area contributed by atoms with Crippen molar-refractivity contribution in [1.82, 2.24) is 5.32 Å². The predicted octanol–water partition coefficient (Wildman–Crippen LogP) is 16.8. The molecule has 0 aromatic carbocycles. The van der Waals surface area contributed by atoms with Crippen LogP contribution in [0.3, 0.4) is 0 Å². The van der Waals surface area contributed by atoms with Crippen LogP contribution in [0.25, 0.3) is 0 Å². The van der Waals surface area contributed by atoms with Gasteiger partial charge in [0.15, 0.2) is 0 Å². The van der Waals surface area contributed by atoms with Crippen LogP contribution in [0.4, 0.5) is 0 Å². The lowest BCUT2D eigenvalue weighted by Crippen LogP contribution is -2.46. The minimum atomic E-state index is -0.791. The molecule has 0 aliphatic rings. The van der Waals surface area contributed by atoms with Gasteiger partial charge in [-0.05, 0) is 77.0 Å². The number of aliphatic hydroxyl groups is 2. The molecule has 0 radical (unpaired) electrons. The van der Waals surface area contributed by atoms with E-state index in [0.717, 1.165) is 70.6 Å². The van der Waals surface area contributed by atoms with E-state index in [-0.39, 0.29) is 24.9 Å². The van der Waals surface area contributed by atoms with E-state index >= 15 is 0 Å². The van der Waals surface area contributed by atoms with Gasteiger partial charge in [0.05, 0.1) is 25.2 Å². The molecular weight excluding hydrogens is 779 g/mol. The molecule has 0 aliphatic heterocycles. The van der Waals surface area contributed by atoms with Crippen LogP contribution in [0.15, 0.2) is 36.5 Å². The number of carbonyl (C=O) groups is 2. The Hall–Kier alpha value is -1.92. The number of rotatable bonds is 50. The van der Waals surface area contributed by atoms with E-state index in [1.54, 1.807) is 0 Å². The van der Waals surface area contributed by atoms with Gasteiger partial charge in [0.25, 0.3) is 0 Å². The van der Waals surface area contributed by atoms with E-state index < -0.39 is 18.2 Å². The average Bonchev–Trinajstić information content (AvgIpc) is 3.28.